The minimum atomic E-state index is -0.392. The molecule has 0 spiro atoms. The van der Waals surface area contributed by atoms with Gasteiger partial charge in [0.15, 0.2) is 0 Å². The van der Waals surface area contributed by atoms with Crippen LogP contribution in [0.1, 0.15) is 45.6 Å². The van der Waals surface area contributed by atoms with Crippen molar-refractivity contribution in [2.45, 2.75) is 70.4 Å². The molecule has 3 rings (SSSR count). The Kier molecular flexibility index (Phi) is 5.53. The van der Waals surface area contributed by atoms with E-state index in [1.54, 1.807) is 0 Å². The van der Waals surface area contributed by atoms with Crippen molar-refractivity contribution in [2.75, 3.05) is 6.61 Å². The molecule has 1 aromatic rings. The van der Waals surface area contributed by atoms with Crippen molar-refractivity contribution in [2.24, 2.45) is 5.92 Å². The number of hydrogen-bond acceptors (Lipinski definition) is 2. The summed E-state index contributed by atoms with van der Waals surface area (Å²) >= 11 is 3.65. The number of rotatable bonds is 5. The first-order chi connectivity index (χ1) is 11.7. The maximum absolute atomic E-state index is 6.51. The number of ether oxygens (including phenoxy) is 2. The third kappa shape index (κ3) is 3.76. The molecular formula is C21H30BrO2Si. The van der Waals surface area contributed by atoms with E-state index in [2.05, 4.69) is 81.0 Å². The molecule has 1 aromatic carbocycles. The van der Waals surface area contributed by atoms with Crippen molar-refractivity contribution >= 4 is 24.7 Å². The molecule has 4 heteroatoms. The number of fused-ring (bicyclic) bond motifs is 3. The topological polar surface area (TPSA) is 18.5 Å². The van der Waals surface area contributed by atoms with E-state index in [0.29, 0.717) is 16.9 Å². The third-order valence-electron chi connectivity index (χ3n) is 5.87. The molecule has 0 bridgehead atoms. The quantitative estimate of drug-likeness (QED) is 0.416. The second-order valence-corrected chi connectivity index (χ2v) is 12.8. The van der Waals surface area contributed by atoms with E-state index in [9.17, 15) is 0 Å². The molecule has 2 aliphatic rings. The molecule has 4 unspecified atom stereocenters. The molecule has 0 amide bonds. The lowest BCUT2D eigenvalue weighted by Gasteiger charge is -2.31. The molecule has 1 heterocycles. The molecule has 1 radical (unpaired) electrons. The van der Waals surface area contributed by atoms with E-state index in [4.69, 9.17) is 9.47 Å². The van der Waals surface area contributed by atoms with Crippen LogP contribution in [-0.2, 0) is 4.74 Å². The van der Waals surface area contributed by atoms with E-state index >= 15 is 0 Å². The average Bonchev–Trinajstić information content (AvgIpc) is 3.03. The Hall–Kier alpha value is -0.583. The van der Waals surface area contributed by atoms with Crippen LogP contribution in [0.25, 0.3) is 0 Å². The molecule has 4 atom stereocenters. The lowest BCUT2D eigenvalue weighted by Crippen LogP contribution is -2.30. The van der Waals surface area contributed by atoms with E-state index in [1.807, 2.05) is 0 Å². The highest BCUT2D eigenvalue weighted by Gasteiger charge is 2.50. The maximum atomic E-state index is 6.51. The number of hydrogen-bond donors (Lipinski definition) is 0. The van der Waals surface area contributed by atoms with Gasteiger partial charge in [0.25, 0.3) is 0 Å². The fourth-order valence-corrected chi connectivity index (χ4v) is 4.69. The Morgan fingerprint density at radius 1 is 1.36 bits per heavy atom. The Bertz CT molecular complexity index is 664. The summed E-state index contributed by atoms with van der Waals surface area (Å²) in [6.07, 6.45) is 3.87. The van der Waals surface area contributed by atoms with Gasteiger partial charge in [0.1, 0.15) is 11.9 Å². The molecule has 0 N–H and O–H groups in total. The van der Waals surface area contributed by atoms with Crippen LogP contribution in [0.2, 0.25) is 18.1 Å². The molecule has 1 aliphatic heterocycles. The Balaban J connectivity index is 1.84. The van der Waals surface area contributed by atoms with Crippen molar-refractivity contribution in [1.82, 2.24) is 0 Å². The van der Waals surface area contributed by atoms with Gasteiger partial charge in [-0.15, -0.1) is 0 Å². The highest BCUT2D eigenvalue weighted by molar-refractivity contribution is 9.10. The minimum absolute atomic E-state index is 0.232. The minimum Gasteiger partial charge on any atom is -0.488 e. The Morgan fingerprint density at radius 3 is 2.72 bits per heavy atom. The van der Waals surface area contributed by atoms with Crippen LogP contribution in [0.4, 0.5) is 0 Å². The van der Waals surface area contributed by atoms with Crippen molar-refractivity contribution in [3.63, 3.8) is 0 Å². The van der Waals surface area contributed by atoms with Gasteiger partial charge < -0.3 is 9.47 Å². The molecule has 0 aromatic heterocycles. The third-order valence-corrected chi connectivity index (χ3v) is 9.35. The van der Waals surface area contributed by atoms with Crippen molar-refractivity contribution in [3.05, 3.63) is 39.9 Å². The molecule has 0 saturated heterocycles. The van der Waals surface area contributed by atoms with Gasteiger partial charge >= 0.3 is 0 Å². The van der Waals surface area contributed by atoms with Crippen LogP contribution in [0.15, 0.2) is 34.3 Å². The summed E-state index contributed by atoms with van der Waals surface area (Å²) in [4.78, 5) is 0. The van der Waals surface area contributed by atoms with Gasteiger partial charge in [0.05, 0.1) is 19.4 Å². The molecule has 1 saturated carbocycles. The van der Waals surface area contributed by atoms with Gasteiger partial charge in [0.2, 0.25) is 0 Å². The molecule has 25 heavy (non-hydrogen) atoms. The first-order valence-corrected chi connectivity index (χ1v) is 12.5. The van der Waals surface area contributed by atoms with Gasteiger partial charge in [-0.2, -0.15) is 0 Å². The zero-order valence-electron chi connectivity index (χ0n) is 16.2. The van der Waals surface area contributed by atoms with Crippen LogP contribution in [0, 0.1) is 5.92 Å². The predicted molar refractivity (Wildman–Crippen MR) is 110 cm³/mol. The van der Waals surface area contributed by atoms with Gasteiger partial charge in [-0.05, 0) is 40.9 Å². The lowest BCUT2D eigenvalue weighted by molar-refractivity contribution is 0.0197. The summed E-state index contributed by atoms with van der Waals surface area (Å²) in [5.74, 6) is 1.84. The summed E-state index contributed by atoms with van der Waals surface area (Å²) in [7, 11) is -0.392. The fraction of sp³-hybridized carbons (Fsp3) is 0.619. The van der Waals surface area contributed by atoms with Gasteiger partial charge in [0, 0.05) is 30.4 Å². The van der Waals surface area contributed by atoms with Gasteiger partial charge in [-0.3, -0.25) is 0 Å². The highest BCUT2D eigenvalue weighted by atomic mass is 79.9. The van der Waals surface area contributed by atoms with Gasteiger partial charge in [-0.25, -0.2) is 0 Å². The Labute approximate surface area is 162 Å². The van der Waals surface area contributed by atoms with E-state index in [1.165, 1.54) is 11.1 Å². The second-order valence-electron chi connectivity index (χ2n) is 8.63. The van der Waals surface area contributed by atoms with Crippen LogP contribution in [-0.4, -0.2) is 27.6 Å². The normalized spacial score (nSPS) is 27.8. The fourth-order valence-electron chi connectivity index (χ4n) is 3.84. The summed E-state index contributed by atoms with van der Waals surface area (Å²) in [5.41, 5.74) is 2.70. The highest BCUT2D eigenvalue weighted by Crippen LogP contribution is 2.54. The van der Waals surface area contributed by atoms with Crippen LogP contribution in [0.5, 0.6) is 5.75 Å². The SMILES string of the molecule is CC(C)=CC1C(OCC(C)(C)[Si](C)C)CC2Oc3c(Br)cccc3C21. The molecule has 1 fully saturated rings. The monoisotopic (exact) mass is 421 g/mol. The maximum Gasteiger partial charge on any atom is 0.137 e. The average molecular weight is 422 g/mol. The smallest absolute Gasteiger partial charge is 0.137 e. The van der Waals surface area contributed by atoms with Crippen molar-refractivity contribution in [3.8, 4) is 5.75 Å². The lowest BCUT2D eigenvalue weighted by atomic mass is 9.87. The summed E-state index contributed by atoms with van der Waals surface area (Å²) in [5, 5.41) is 0.291. The number of allylic oxidation sites excluding steroid dienone is 1. The summed E-state index contributed by atoms with van der Waals surface area (Å²) < 4.78 is 13.9. The van der Waals surface area contributed by atoms with Crippen molar-refractivity contribution in [1.29, 1.82) is 0 Å². The van der Waals surface area contributed by atoms with Crippen LogP contribution in [0.3, 0.4) is 0 Å². The zero-order chi connectivity index (χ0) is 18.4. The number of para-hydroxylation sites is 1. The van der Waals surface area contributed by atoms with E-state index < -0.39 is 8.80 Å². The van der Waals surface area contributed by atoms with Crippen LogP contribution >= 0.6 is 15.9 Å². The predicted octanol–water partition coefficient (Wildman–Crippen LogP) is 6.20. The summed E-state index contributed by atoms with van der Waals surface area (Å²) in [6, 6.07) is 6.41. The molecular weight excluding hydrogens is 392 g/mol. The number of benzene rings is 1. The first kappa shape index (κ1) is 19.2. The van der Waals surface area contributed by atoms with Crippen molar-refractivity contribution < 1.29 is 9.47 Å². The van der Waals surface area contributed by atoms with Gasteiger partial charge in [-0.1, -0.05) is 50.7 Å². The largest absolute Gasteiger partial charge is 0.488 e. The molecule has 2 nitrogen and oxygen atoms in total. The van der Waals surface area contributed by atoms with E-state index in [0.717, 1.165) is 23.2 Å². The first-order valence-electron chi connectivity index (χ1n) is 9.23. The van der Waals surface area contributed by atoms with Crippen LogP contribution < -0.4 is 4.74 Å². The standard InChI is InChI=1S/C21H30BrO2Si/c1-13(2)10-15-17(23-12-21(3,4)25(5)6)11-18-19(15)14-8-7-9-16(22)20(14)24-18/h7-10,15,17-19H,11-12H2,1-6H3. The number of halogens is 1. The Morgan fingerprint density at radius 2 is 2.08 bits per heavy atom. The molecule has 137 valence electrons. The summed E-state index contributed by atoms with van der Waals surface area (Å²) in [6.45, 7) is 14.7. The molecule has 1 aliphatic carbocycles. The van der Waals surface area contributed by atoms with E-state index in [-0.39, 0.29) is 12.2 Å². The second kappa shape index (κ2) is 7.20. The zero-order valence-corrected chi connectivity index (χ0v) is 18.8.